The van der Waals surface area contributed by atoms with Gasteiger partial charge in [-0.1, -0.05) is 6.08 Å². The molecule has 0 radical (unpaired) electrons. The topological polar surface area (TPSA) is 15.3 Å². The minimum absolute atomic E-state index is 0.675. The zero-order valence-electron chi connectivity index (χ0n) is 8.21. The van der Waals surface area contributed by atoms with Crippen LogP contribution < -0.4 is 5.32 Å². The zero-order valence-corrected chi connectivity index (χ0v) is 8.21. The van der Waals surface area contributed by atoms with Gasteiger partial charge in [0.2, 0.25) is 0 Å². The monoisotopic (exact) mass is 168 g/mol. The van der Waals surface area contributed by atoms with Crippen molar-refractivity contribution >= 4 is 0 Å². The van der Waals surface area contributed by atoms with E-state index in [9.17, 15) is 0 Å². The van der Waals surface area contributed by atoms with E-state index in [1.807, 2.05) is 6.08 Å². The predicted octanol–water partition coefficient (Wildman–Crippen LogP) is 1.24. The van der Waals surface area contributed by atoms with E-state index < -0.39 is 0 Å². The van der Waals surface area contributed by atoms with Crippen LogP contribution in [0.4, 0.5) is 0 Å². The van der Waals surface area contributed by atoms with Gasteiger partial charge in [-0.25, -0.2) is 0 Å². The average molecular weight is 168 g/mol. The van der Waals surface area contributed by atoms with Gasteiger partial charge in [0.1, 0.15) is 0 Å². The van der Waals surface area contributed by atoms with Crippen molar-refractivity contribution < 1.29 is 0 Å². The van der Waals surface area contributed by atoms with E-state index in [1.165, 1.54) is 0 Å². The van der Waals surface area contributed by atoms with Gasteiger partial charge in [-0.3, -0.25) is 4.90 Å². The Morgan fingerprint density at radius 2 is 2.00 bits per heavy atom. The number of rotatable bonds is 3. The van der Waals surface area contributed by atoms with Crippen molar-refractivity contribution in [2.24, 2.45) is 0 Å². The van der Waals surface area contributed by atoms with Gasteiger partial charge in [0.05, 0.1) is 0 Å². The van der Waals surface area contributed by atoms with Crippen LogP contribution in [0, 0.1) is 0 Å². The lowest BCUT2D eigenvalue weighted by Crippen LogP contribution is -2.55. The summed E-state index contributed by atoms with van der Waals surface area (Å²) in [4.78, 5) is 2.55. The Morgan fingerprint density at radius 3 is 2.50 bits per heavy atom. The molecular weight excluding hydrogens is 148 g/mol. The first kappa shape index (κ1) is 9.75. The smallest absolute Gasteiger partial charge is 0.0195 e. The Balaban J connectivity index is 2.39. The van der Waals surface area contributed by atoms with Crippen LogP contribution >= 0.6 is 0 Å². The fourth-order valence-corrected chi connectivity index (χ4v) is 1.85. The van der Waals surface area contributed by atoms with E-state index in [1.54, 1.807) is 0 Å². The normalized spacial score (nSPS) is 31.8. The highest BCUT2D eigenvalue weighted by molar-refractivity contribution is 4.83. The lowest BCUT2D eigenvalue weighted by atomic mass is 10.1. The number of nitrogens with one attached hydrogen (secondary N) is 1. The van der Waals surface area contributed by atoms with Gasteiger partial charge in [-0.05, 0) is 20.3 Å². The molecule has 1 N–H and O–H groups in total. The van der Waals surface area contributed by atoms with Crippen molar-refractivity contribution in [2.75, 3.05) is 19.6 Å². The molecule has 12 heavy (non-hydrogen) atoms. The van der Waals surface area contributed by atoms with Crippen LogP contribution in [-0.4, -0.2) is 36.6 Å². The second kappa shape index (κ2) is 4.63. The second-order valence-corrected chi connectivity index (χ2v) is 3.67. The second-order valence-electron chi connectivity index (χ2n) is 3.67. The molecule has 1 aliphatic heterocycles. The number of nitrogens with zero attached hydrogens (tertiary/aromatic N) is 1. The summed E-state index contributed by atoms with van der Waals surface area (Å²) in [5, 5.41) is 3.42. The summed E-state index contributed by atoms with van der Waals surface area (Å²) in [6, 6.07) is 1.35. The molecule has 0 spiro atoms. The molecule has 0 bridgehead atoms. The first-order chi connectivity index (χ1) is 5.75. The molecular formula is C10H20N2. The Morgan fingerprint density at radius 1 is 1.42 bits per heavy atom. The van der Waals surface area contributed by atoms with E-state index in [-0.39, 0.29) is 0 Å². The maximum absolute atomic E-state index is 3.75. The van der Waals surface area contributed by atoms with Crippen LogP contribution in [-0.2, 0) is 0 Å². The predicted molar refractivity (Wildman–Crippen MR) is 53.3 cm³/mol. The molecule has 2 unspecified atom stereocenters. The van der Waals surface area contributed by atoms with Crippen molar-refractivity contribution in [2.45, 2.75) is 32.4 Å². The van der Waals surface area contributed by atoms with Gasteiger partial charge in [0, 0.05) is 31.7 Å². The maximum Gasteiger partial charge on any atom is 0.0195 e. The lowest BCUT2D eigenvalue weighted by Gasteiger charge is -2.39. The Bertz CT molecular complexity index is 135. The molecule has 0 saturated carbocycles. The van der Waals surface area contributed by atoms with Crippen LogP contribution in [0.25, 0.3) is 0 Å². The van der Waals surface area contributed by atoms with E-state index in [4.69, 9.17) is 0 Å². The first-order valence-electron chi connectivity index (χ1n) is 4.83. The molecule has 0 aliphatic carbocycles. The third kappa shape index (κ3) is 2.32. The van der Waals surface area contributed by atoms with E-state index >= 15 is 0 Å². The molecule has 0 aromatic rings. The van der Waals surface area contributed by atoms with Gasteiger partial charge in [0.25, 0.3) is 0 Å². The van der Waals surface area contributed by atoms with Crippen molar-refractivity contribution in [3.05, 3.63) is 12.7 Å². The summed E-state index contributed by atoms with van der Waals surface area (Å²) in [5.74, 6) is 0. The summed E-state index contributed by atoms with van der Waals surface area (Å²) < 4.78 is 0. The highest BCUT2D eigenvalue weighted by atomic mass is 15.2. The van der Waals surface area contributed by atoms with Crippen molar-refractivity contribution in [3.8, 4) is 0 Å². The summed E-state index contributed by atoms with van der Waals surface area (Å²) in [6.45, 7) is 11.7. The SMILES string of the molecule is C=CCCN1C(C)CNCC1C. The average Bonchev–Trinajstić information content (AvgIpc) is 2.04. The van der Waals surface area contributed by atoms with Gasteiger partial charge >= 0.3 is 0 Å². The van der Waals surface area contributed by atoms with Crippen molar-refractivity contribution in [3.63, 3.8) is 0 Å². The van der Waals surface area contributed by atoms with Crippen LogP contribution in [0.2, 0.25) is 0 Å². The Hall–Kier alpha value is -0.340. The molecule has 0 aromatic heterocycles. The van der Waals surface area contributed by atoms with Gasteiger partial charge < -0.3 is 5.32 Å². The summed E-state index contributed by atoms with van der Waals surface area (Å²) >= 11 is 0. The van der Waals surface area contributed by atoms with E-state index in [0.717, 1.165) is 26.1 Å². The molecule has 1 fully saturated rings. The lowest BCUT2D eigenvalue weighted by molar-refractivity contribution is 0.119. The largest absolute Gasteiger partial charge is 0.314 e. The molecule has 1 heterocycles. The zero-order chi connectivity index (χ0) is 8.97. The van der Waals surface area contributed by atoms with Crippen LogP contribution in [0.5, 0.6) is 0 Å². The summed E-state index contributed by atoms with van der Waals surface area (Å²) in [5.41, 5.74) is 0. The Labute approximate surface area is 75.6 Å². The van der Waals surface area contributed by atoms with E-state index in [0.29, 0.717) is 12.1 Å². The minimum Gasteiger partial charge on any atom is -0.314 e. The first-order valence-corrected chi connectivity index (χ1v) is 4.83. The molecule has 0 amide bonds. The highest BCUT2D eigenvalue weighted by Gasteiger charge is 2.22. The molecule has 0 aromatic carbocycles. The maximum atomic E-state index is 3.75. The van der Waals surface area contributed by atoms with Crippen molar-refractivity contribution in [1.82, 2.24) is 10.2 Å². The molecule has 2 heteroatoms. The molecule has 2 nitrogen and oxygen atoms in total. The number of hydrogen-bond acceptors (Lipinski definition) is 2. The van der Waals surface area contributed by atoms with Crippen molar-refractivity contribution in [1.29, 1.82) is 0 Å². The van der Waals surface area contributed by atoms with Gasteiger partial charge in [-0.2, -0.15) is 0 Å². The third-order valence-corrected chi connectivity index (χ3v) is 2.60. The molecule has 1 aliphatic rings. The van der Waals surface area contributed by atoms with Crippen LogP contribution in [0.3, 0.4) is 0 Å². The number of hydrogen-bond donors (Lipinski definition) is 1. The van der Waals surface area contributed by atoms with Crippen LogP contribution in [0.15, 0.2) is 12.7 Å². The van der Waals surface area contributed by atoms with Gasteiger partial charge in [-0.15, -0.1) is 6.58 Å². The fraction of sp³-hybridized carbons (Fsp3) is 0.800. The molecule has 1 saturated heterocycles. The van der Waals surface area contributed by atoms with Crippen LogP contribution in [0.1, 0.15) is 20.3 Å². The quantitative estimate of drug-likeness (QED) is 0.638. The third-order valence-electron chi connectivity index (χ3n) is 2.60. The van der Waals surface area contributed by atoms with E-state index in [2.05, 4.69) is 30.6 Å². The summed E-state index contributed by atoms with van der Waals surface area (Å²) in [6.07, 6.45) is 3.11. The number of piperazine rings is 1. The Kier molecular flexibility index (Phi) is 3.76. The molecule has 1 rings (SSSR count). The standard InChI is InChI=1S/C10H20N2/c1-4-5-6-12-9(2)7-11-8-10(12)3/h4,9-11H,1,5-8H2,2-3H3. The molecule has 2 atom stereocenters. The highest BCUT2D eigenvalue weighted by Crippen LogP contribution is 2.09. The summed E-state index contributed by atoms with van der Waals surface area (Å²) in [7, 11) is 0. The molecule has 70 valence electrons. The fourth-order valence-electron chi connectivity index (χ4n) is 1.85. The minimum atomic E-state index is 0.675. The van der Waals surface area contributed by atoms with Gasteiger partial charge in [0.15, 0.2) is 0 Å².